The van der Waals surface area contributed by atoms with Crippen LogP contribution in [0.3, 0.4) is 0 Å². The van der Waals surface area contributed by atoms with Gasteiger partial charge in [-0.3, -0.25) is 0 Å². The number of phenolic OH excluding ortho intramolecular Hbond substituents is 1. The lowest BCUT2D eigenvalue weighted by molar-refractivity contribution is 0.213. The topological polar surface area (TPSA) is 52.6 Å². The van der Waals surface area contributed by atoms with Gasteiger partial charge in [-0.1, -0.05) is 18.9 Å². The number of likely N-dealkylation sites (tertiary alicyclic amines) is 1. The van der Waals surface area contributed by atoms with Crippen molar-refractivity contribution in [3.05, 3.63) is 23.8 Å². The minimum absolute atomic E-state index is 0.0643. The molecule has 1 aliphatic rings. The van der Waals surface area contributed by atoms with Gasteiger partial charge in [-0.15, -0.1) is 0 Å². The van der Waals surface area contributed by atoms with Crippen molar-refractivity contribution >= 4 is 11.7 Å². The van der Waals surface area contributed by atoms with Crippen LogP contribution in [0, 0.1) is 6.92 Å². The van der Waals surface area contributed by atoms with Crippen LogP contribution in [-0.2, 0) is 0 Å². The number of nitrogens with one attached hydrogen (secondary N) is 1. The zero-order chi connectivity index (χ0) is 13.0. The molecule has 0 saturated carbocycles. The third-order valence-electron chi connectivity index (χ3n) is 3.44. The summed E-state index contributed by atoms with van der Waals surface area (Å²) in [5, 5.41) is 12.5. The van der Waals surface area contributed by atoms with Crippen LogP contribution in [0.5, 0.6) is 5.75 Å². The number of rotatable bonds is 1. The second kappa shape index (κ2) is 5.76. The summed E-state index contributed by atoms with van der Waals surface area (Å²) in [5.74, 6) is 0.212. The zero-order valence-corrected chi connectivity index (χ0v) is 10.8. The lowest BCUT2D eigenvalue weighted by atomic mass is 10.2. The molecule has 0 spiro atoms. The van der Waals surface area contributed by atoms with Crippen molar-refractivity contribution in [1.82, 2.24) is 4.90 Å². The zero-order valence-electron chi connectivity index (χ0n) is 10.8. The molecule has 1 fully saturated rings. The van der Waals surface area contributed by atoms with Crippen LogP contribution in [0.4, 0.5) is 10.5 Å². The van der Waals surface area contributed by atoms with E-state index in [0.29, 0.717) is 11.3 Å². The van der Waals surface area contributed by atoms with Gasteiger partial charge in [0.05, 0.1) is 0 Å². The van der Waals surface area contributed by atoms with Crippen molar-refractivity contribution in [2.75, 3.05) is 18.4 Å². The molecular weight excluding hydrogens is 228 g/mol. The highest BCUT2D eigenvalue weighted by Gasteiger charge is 2.16. The number of carbonyl (C=O) groups excluding carboxylic acids is 1. The Balaban J connectivity index is 2.03. The number of aromatic hydroxyl groups is 1. The number of phenols is 1. The van der Waals surface area contributed by atoms with E-state index in [9.17, 15) is 9.90 Å². The molecule has 1 heterocycles. The lowest BCUT2D eigenvalue weighted by Gasteiger charge is -2.21. The van der Waals surface area contributed by atoms with E-state index in [0.717, 1.165) is 25.9 Å². The van der Waals surface area contributed by atoms with E-state index in [-0.39, 0.29) is 11.8 Å². The number of nitrogens with zero attached hydrogens (tertiary/aromatic N) is 1. The highest BCUT2D eigenvalue weighted by Crippen LogP contribution is 2.24. The average Bonchev–Trinajstić information content (AvgIpc) is 2.63. The Morgan fingerprint density at radius 3 is 2.56 bits per heavy atom. The molecule has 2 amide bonds. The van der Waals surface area contributed by atoms with Crippen LogP contribution < -0.4 is 5.32 Å². The molecule has 0 unspecified atom stereocenters. The predicted octanol–water partition coefficient (Wildman–Crippen LogP) is 3.11. The van der Waals surface area contributed by atoms with Gasteiger partial charge in [-0.2, -0.15) is 0 Å². The maximum absolute atomic E-state index is 12.1. The molecule has 18 heavy (non-hydrogen) atoms. The summed E-state index contributed by atoms with van der Waals surface area (Å²) in [6.07, 6.45) is 4.56. The summed E-state index contributed by atoms with van der Waals surface area (Å²) >= 11 is 0. The molecule has 0 radical (unpaired) electrons. The number of hydrogen-bond donors (Lipinski definition) is 2. The van der Waals surface area contributed by atoms with Gasteiger partial charge in [0.15, 0.2) is 0 Å². The first-order valence-corrected chi connectivity index (χ1v) is 6.53. The van der Waals surface area contributed by atoms with E-state index < -0.39 is 0 Å². The van der Waals surface area contributed by atoms with Crippen molar-refractivity contribution in [1.29, 1.82) is 0 Å². The number of hydrogen-bond acceptors (Lipinski definition) is 2. The first-order valence-electron chi connectivity index (χ1n) is 6.53. The van der Waals surface area contributed by atoms with Crippen molar-refractivity contribution < 1.29 is 9.90 Å². The third-order valence-corrected chi connectivity index (χ3v) is 3.44. The predicted molar refractivity (Wildman–Crippen MR) is 71.9 cm³/mol. The SMILES string of the molecule is Cc1c(O)cccc1NC(=O)N1CCCCCC1. The van der Waals surface area contributed by atoms with Gasteiger partial charge < -0.3 is 15.3 Å². The van der Waals surface area contributed by atoms with E-state index in [4.69, 9.17) is 0 Å². The Morgan fingerprint density at radius 2 is 1.89 bits per heavy atom. The van der Waals surface area contributed by atoms with Gasteiger partial charge in [0.2, 0.25) is 0 Å². The van der Waals surface area contributed by atoms with Crippen LogP contribution in [0.25, 0.3) is 0 Å². The van der Waals surface area contributed by atoms with Crippen molar-refractivity contribution in [2.45, 2.75) is 32.6 Å². The molecule has 0 atom stereocenters. The van der Waals surface area contributed by atoms with Gasteiger partial charge in [0.25, 0.3) is 0 Å². The number of anilines is 1. The van der Waals surface area contributed by atoms with Crippen molar-refractivity contribution in [3.8, 4) is 5.75 Å². The molecule has 98 valence electrons. The molecule has 2 N–H and O–H groups in total. The van der Waals surface area contributed by atoms with Crippen LogP contribution in [0.2, 0.25) is 0 Å². The van der Waals surface area contributed by atoms with Crippen LogP contribution in [0.15, 0.2) is 18.2 Å². The first kappa shape index (κ1) is 12.7. The Labute approximate surface area is 108 Å². The fourth-order valence-electron chi connectivity index (χ4n) is 2.23. The maximum atomic E-state index is 12.1. The number of carbonyl (C=O) groups is 1. The molecule has 2 rings (SSSR count). The monoisotopic (exact) mass is 248 g/mol. The number of benzene rings is 1. The van der Waals surface area contributed by atoms with Gasteiger partial charge in [0.1, 0.15) is 5.75 Å². The quantitative estimate of drug-likeness (QED) is 0.802. The average molecular weight is 248 g/mol. The molecule has 0 aliphatic carbocycles. The molecule has 0 aromatic heterocycles. The number of amides is 2. The first-order chi connectivity index (χ1) is 8.68. The molecule has 1 saturated heterocycles. The van der Waals surface area contributed by atoms with E-state index in [2.05, 4.69) is 5.32 Å². The van der Waals surface area contributed by atoms with Gasteiger partial charge in [-0.05, 0) is 31.9 Å². The van der Waals surface area contributed by atoms with Gasteiger partial charge in [-0.25, -0.2) is 4.79 Å². The molecule has 4 nitrogen and oxygen atoms in total. The summed E-state index contributed by atoms with van der Waals surface area (Å²) in [4.78, 5) is 14.0. The fourth-order valence-corrected chi connectivity index (χ4v) is 2.23. The minimum Gasteiger partial charge on any atom is -0.508 e. The molecule has 1 aromatic rings. The molecule has 0 bridgehead atoms. The Kier molecular flexibility index (Phi) is 4.07. The van der Waals surface area contributed by atoms with Crippen LogP contribution in [0.1, 0.15) is 31.2 Å². The van der Waals surface area contributed by atoms with Crippen LogP contribution >= 0.6 is 0 Å². The van der Waals surface area contributed by atoms with Crippen molar-refractivity contribution in [2.24, 2.45) is 0 Å². The highest BCUT2D eigenvalue weighted by molar-refractivity contribution is 5.90. The van der Waals surface area contributed by atoms with E-state index in [1.165, 1.54) is 12.8 Å². The fraction of sp³-hybridized carbons (Fsp3) is 0.500. The van der Waals surface area contributed by atoms with Crippen molar-refractivity contribution in [3.63, 3.8) is 0 Å². The Hall–Kier alpha value is -1.71. The van der Waals surface area contributed by atoms with E-state index in [1.54, 1.807) is 19.1 Å². The third kappa shape index (κ3) is 2.94. The summed E-state index contributed by atoms with van der Waals surface area (Å²) < 4.78 is 0. The van der Waals surface area contributed by atoms with E-state index >= 15 is 0 Å². The van der Waals surface area contributed by atoms with Gasteiger partial charge >= 0.3 is 6.03 Å². The molecule has 4 heteroatoms. The second-order valence-electron chi connectivity index (χ2n) is 4.78. The van der Waals surface area contributed by atoms with Crippen LogP contribution in [-0.4, -0.2) is 29.1 Å². The smallest absolute Gasteiger partial charge is 0.321 e. The molecular formula is C14H20N2O2. The molecule has 1 aromatic carbocycles. The Bertz CT molecular complexity index is 424. The summed E-state index contributed by atoms with van der Waals surface area (Å²) in [5.41, 5.74) is 1.39. The number of urea groups is 1. The molecule has 1 aliphatic heterocycles. The summed E-state index contributed by atoms with van der Waals surface area (Å²) in [7, 11) is 0. The highest BCUT2D eigenvalue weighted by atomic mass is 16.3. The van der Waals surface area contributed by atoms with E-state index in [1.807, 2.05) is 11.0 Å². The standard InChI is InChI=1S/C14H20N2O2/c1-11-12(7-6-8-13(11)17)15-14(18)16-9-4-2-3-5-10-16/h6-8,17H,2-5,9-10H2,1H3,(H,15,18). The lowest BCUT2D eigenvalue weighted by Crippen LogP contribution is -2.35. The summed E-state index contributed by atoms with van der Waals surface area (Å²) in [6.45, 7) is 3.45. The summed E-state index contributed by atoms with van der Waals surface area (Å²) in [6, 6.07) is 5.10. The maximum Gasteiger partial charge on any atom is 0.321 e. The second-order valence-corrected chi connectivity index (χ2v) is 4.78. The minimum atomic E-state index is -0.0643. The largest absolute Gasteiger partial charge is 0.508 e. The Morgan fingerprint density at radius 1 is 1.22 bits per heavy atom. The van der Waals surface area contributed by atoms with Gasteiger partial charge in [0, 0.05) is 24.3 Å². The normalized spacial score (nSPS) is 16.2.